The van der Waals surface area contributed by atoms with Crippen LogP contribution in [0.15, 0.2) is 30.3 Å². The molecule has 0 bridgehead atoms. The van der Waals surface area contributed by atoms with Crippen LogP contribution in [0.2, 0.25) is 0 Å². The Labute approximate surface area is 127 Å². The smallest absolute Gasteiger partial charge is 0.338 e. The van der Waals surface area contributed by atoms with Crippen LogP contribution in [0.1, 0.15) is 36.5 Å². The van der Waals surface area contributed by atoms with Crippen LogP contribution in [0, 0.1) is 5.92 Å². The summed E-state index contributed by atoms with van der Waals surface area (Å²) >= 11 is 0. The van der Waals surface area contributed by atoms with Gasteiger partial charge in [-0.05, 0) is 50.4 Å². The van der Waals surface area contributed by atoms with Crippen LogP contribution in [0.25, 0.3) is 0 Å². The number of carbonyl (C=O) groups excluding carboxylic acids is 1. The van der Waals surface area contributed by atoms with E-state index >= 15 is 0 Å². The highest BCUT2D eigenvalue weighted by Crippen LogP contribution is 2.15. The van der Waals surface area contributed by atoms with Crippen LogP contribution in [-0.4, -0.2) is 37.1 Å². The summed E-state index contributed by atoms with van der Waals surface area (Å²) in [5.41, 5.74) is 0.634. The van der Waals surface area contributed by atoms with Crippen molar-refractivity contribution in [1.29, 1.82) is 0 Å². The second-order valence-corrected chi connectivity index (χ2v) is 5.38. The van der Waals surface area contributed by atoms with Crippen molar-refractivity contribution < 1.29 is 9.53 Å². The SMILES string of the molecule is CC1CCN(CCCOC(=O)c2ccccc2)CC1.Cl. The van der Waals surface area contributed by atoms with Crippen molar-refractivity contribution >= 4 is 18.4 Å². The van der Waals surface area contributed by atoms with Gasteiger partial charge in [-0.25, -0.2) is 4.79 Å². The van der Waals surface area contributed by atoms with Gasteiger partial charge in [-0.1, -0.05) is 25.1 Å². The van der Waals surface area contributed by atoms with E-state index in [2.05, 4.69) is 11.8 Å². The Morgan fingerprint density at radius 1 is 1.25 bits per heavy atom. The van der Waals surface area contributed by atoms with Gasteiger partial charge in [0.05, 0.1) is 12.2 Å². The molecule has 112 valence electrons. The Bertz CT molecular complexity index is 389. The Balaban J connectivity index is 0.00000200. The second kappa shape index (κ2) is 8.98. The Morgan fingerprint density at radius 2 is 1.90 bits per heavy atom. The molecule has 0 aromatic heterocycles. The average molecular weight is 298 g/mol. The largest absolute Gasteiger partial charge is 0.462 e. The van der Waals surface area contributed by atoms with Crippen LogP contribution >= 0.6 is 12.4 Å². The molecule has 0 amide bonds. The lowest BCUT2D eigenvalue weighted by Gasteiger charge is -2.29. The quantitative estimate of drug-likeness (QED) is 0.616. The minimum absolute atomic E-state index is 0. The summed E-state index contributed by atoms with van der Waals surface area (Å²) in [6.07, 6.45) is 3.51. The van der Waals surface area contributed by atoms with Gasteiger partial charge in [-0.2, -0.15) is 0 Å². The summed E-state index contributed by atoms with van der Waals surface area (Å²) in [6, 6.07) is 9.17. The number of ether oxygens (including phenoxy) is 1. The van der Waals surface area contributed by atoms with Crippen molar-refractivity contribution in [2.24, 2.45) is 5.92 Å². The second-order valence-electron chi connectivity index (χ2n) is 5.38. The van der Waals surface area contributed by atoms with Gasteiger partial charge in [0.15, 0.2) is 0 Å². The van der Waals surface area contributed by atoms with E-state index in [4.69, 9.17) is 4.74 Å². The number of halogens is 1. The first-order valence-corrected chi connectivity index (χ1v) is 7.20. The van der Waals surface area contributed by atoms with E-state index in [0.29, 0.717) is 12.2 Å². The van der Waals surface area contributed by atoms with Crippen molar-refractivity contribution in [1.82, 2.24) is 4.90 Å². The lowest BCUT2D eigenvalue weighted by molar-refractivity contribution is 0.0483. The first-order valence-electron chi connectivity index (χ1n) is 7.20. The molecule has 0 unspecified atom stereocenters. The molecule has 0 saturated carbocycles. The third kappa shape index (κ3) is 5.51. The number of carbonyl (C=O) groups is 1. The highest BCUT2D eigenvalue weighted by Gasteiger charge is 2.15. The molecule has 1 aliphatic heterocycles. The van der Waals surface area contributed by atoms with E-state index in [1.165, 1.54) is 25.9 Å². The molecule has 0 spiro atoms. The highest BCUT2D eigenvalue weighted by molar-refractivity contribution is 5.89. The van der Waals surface area contributed by atoms with Gasteiger partial charge < -0.3 is 9.64 Å². The molecule has 0 atom stereocenters. The number of likely N-dealkylation sites (tertiary alicyclic amines) is 1. The molecule has 1 aromatic rings. The van der Waals surface area contributed by atoms with Crippen LogP contribution in [-0.2, 0) is 4.74 Å². The van der Waals surface area contributed by atoms with E-state index in [1.807, 2.05) is 18.2 Å². The van der Waals surface area contributed by atoms with E-state index in [1.54, 1.807) is 12.1 Å². The normalized spacial score (nSPS) is 16.4. The van der Waals surface area contributed by atoms with Crippen LogP contribution < -0.4 is 0 Å². The maximum atomic E-state index is 11.7. The topological polar surface area (TPSA) is 29.5 Å². The summed E-state index contributed by atoms with van der Waals surface area (Å²) in [5.74, 6) is 0.653. The number of nitrogens with zero attached hydrogens (tertiary/aromatic N) is 1. The number of esters is 1. The maximum Gasteiger partial charge on any atom is 0.338 e. The lowest BCUT2D eigenvalue weighted by atomic mass is 9.99. The van der Waals surface area contributed by atoms with E-state index in [0.717, 1.165) is 18.9 Å². The predicted molar refractivity (Wildman–Crippen MR) is 83.4 cm³/mol. The van der Waals surface area contributed by atoms with Gasteiger partial charge in [-0.3, -0.25) is 0 Å². The molecule has 1 fully saturated rings. The molecule has 1 heterocycles. The Kier molecular flexibility index (Phi) is 7.63. The van der Waals surface area contributed by atoms with Gasteiger partial charge >= 0.3 is 5.97 Å². The number of benzene rings is 1. The van der Waals surface area contributed by atoms with Gasteiger partial charge in [0, 0.05) is 6.54 Å². The molecule has 1 aromatic carbocycles. The van der Waals surface area contributed by atoms with Crippen molar-refractivity contribution in [2.75, 3.05) is 26.2 Å². The lowest BCUT2D eigenvalue weighted by Crippen LogP contribution is -2.34. The van der Waals surface area contributed by atoms with E-state index in [9.17, 15) is 4.79 Å². The maximum absolute atomic E-state index is 11.7. The van der Waals surface area contributed by atoms with Crippen molar-refractivity contribution in [3.8, 4) is 0 Å². The zero-order chi connectivity index (χ0) is 13.5. The number of hydrogen-bond acceptors (Lipinski definition) is 3. The fourth-order valence-corrected chi connectivity index (χ4v) is 2.40. The van der Waals surface area contributed by atoms with E-state index in [-0.39, 0.29) is 18.4 Å². The van der Waals surface area contributed by atoms with Crippen LogP contribution in [0.4, 0.5) is 0 Å². The molecule has 20 heavy (non-hydrogen) atoms. The third-order valence-electron chi connectivity index (χ3n) is 3.74. The minimum Gasteiger partial charge on any atom is -0.462 e. The number of rotatable bonds is 5. The average Bonchev–Trinajstić information content (AvgIpc) is 2.46. The first-order chi connectivity index (χ1) is 9.25. The third-order valence-corrected chi connectivity index (χ3v) is 3.74. The zero-order valence-electron chi connectivity index (χ0n) is 12.1. The van der Waals surface area contributed by atoms with E-state index < -0.39 is 0 Å². The fourth-order valence-electron chi connectivity index (χ4n) is 2.40. The number of hydrogen-bond donors (Lipinski definition) is 0. The Morgan fingerprint density at radius 3 is 2.55 bits per heavy atom. The summed E-state index contributed by atoms with van der Waals surface area (Å²) in [5, 5.41) is 0. The summed E-state index contributed by atoms with van der Waals surface area (Å²) in [7, 11) is 0. The number of piperidine rings is 1. The van der Waals surface area contributed by atoms with Gasteiger partial charge in [0.2, 0.25) is 0 Å². The summed E-state index contributed by atoms with van der Waals surface area (Å²) < 4.78 is 5.27. The molecule has 0 aliphatic carbocycles. The predicted octanol–water partition coefficient (Wildman–Crippen LogP) is 3.39. The van der Waals surface area contributed by atoms with Crippen molar-refractivity contribution in [3.63, 3.8) is 0 Å². The molecule has 2 rings (SSSR count). The zero-order valence-corrected chi connectivity index (χ0v) is 12.9. The minimum atomic E-state index is -0.215. The molecule has 1 saturated heterocycles. The van der Waals surface area contributed by atoms with Crippen LogP contribution in [0.5, 0.6) is 0 Å². The van der Waals surface area contributed by atoms with Crippen molar-refractivity contribution in [2.45, 2.75) is 26.2 Å². The molecule has 0 radical (unpaired) electrons. The first kappa shape index (κ1) is 17.0. The summed E-state index contributed by atoms with van der Waals surface area (Å²) in [4.78, 5) is 14.2. The Hall–Kier alpha value is -1.06. The molecular weight excluding hydrogens is 274 g/mol. The van der Waals surface area contributed by atoms with Crippen LogP contribution in [0.3, 0.4) is 0 Å². The molecule has 1 aliphatic rings. The molecule has 0 N–H and O–H groups in total. The van der Waals surface area contributed by atoms with Gasteiger partial charge in [0.1, 0.15) is 0 Å². The molecule has 3 nitrogen and oxygen atoms in total. The van der Waals surface area contributed by atoms with Gasteiger partial charge in [-0.15, -0.1) is 12.4 Å². The van der Waals surface area contributed by atoms with Gasteiger partial charge in [0.25, 0.3) is 0 Å². The van der Waals surface area contributed by atoms with Crippen molar-refractivity contribution in [3.05, 3.63) is 35.9 Å². The summed E-state index contributed by atoms with van der Waals surface area (Å²) in [6.45, 7) is 6.25. The monoisotopic (exact) mass is 297 g/mol. The highest BCUT2D eigenvalue weighted by atomic mass is 35.5. The standard InChI is InChI=1S/C16H23NO2.ClH/c1-14-8-11-17(12-9-14)10-5-13-19-16(18)15-6-3-2-4-7-15;/h2-4,6-7,14H,5,8-13H2,1H3;1H. The fraction of sp³-hybridized carbons (Fsp3) is 0.562. The molecule has 4 heteroatoms. The molecular formula is C16H24ClNO2.